The number of nitrogens with zero attached hydrogens (tertiary/aromatic N) is 1. The Morgan fingerprint density at radius 1 is 1.35 bits per heavy atom. The summed E-state index contributed by atoms with van der Waals surface area (Å²) in [6.07, 6.45) is 8.22. The lowest BCUT2D eigenvalue weighted by molar-refractivity contribution is -0.125. The minimum Gasteiger partial charge on any atom is -0.490 e. The van der Waals surface area contributed by atoms with Gasteiger partial charge >= 0.3 is 0 Å². The predicted octanol–water partition coefficient (Wildman–Crippen LogP) is 4.78. The van der Waals surface area contributed by atoms with Gasteiger partial charge in [0, 0.05) is 20.1 Å². The topological polar surface area (TPSA) is 74.1 Å². The van der Waals surface area contributed by atoms with Crippen LogP contribution in [0.4, 0.5) is 0 Å². The fraction of sp³-hybridized carbons (Fsp3) is 0.385. The van der Waals surface area contributed by atoms with E-state index in [2.05, 4.69) is 29.4 Å². The highest BCUT2D eigenvalue weighted by Gasteiger charge is 2.22. The molecule has 1 amide bonds. The summed E-state index contributed by atoms with van der Waals surface area (Å²) in [7, 11) is 1.67. The molecule has 5 heteroatoms. The van der Waals surface area contributed by atoms with Gasteiger partial charge in [-0.3, -0.25) is 4.79 Å². The molecule has 5 nitrogen and oxygen atoms in total. The van der Waals surface area contributed by atoms with Crippen LogP contribution in [0.3, 0.4) is 0 Å². The molecule has 0 unspecified atom stereocenters. The molecule has 0 spiro atoms. The van der Waals surface area contributed by atoms with Crippen LogP contribution in [0, 0.1) is 17.2 Å². The molecular weight excluding hydrogens is 386 g/mol. The van der Waals surface area contributed by atoms with Crippen LogP contribution in [0.25, 0.3) is 6.08 Å². The van der Waals surface area contributed by atoms with Crippen molar-refractivity contribution in [3.8, 4) is 11.8 Å². The lowest BCUT2D eigenvalue weighted by Crippen LogP contribution is -2.49. The second-order valence-electron chi connectivity index (χ2n) is 7.73. The first-order chi connectivity index (χ1) is 14.7. The van der Waals surface area contributed by atoms with Gasteiger partial charge in [0.1, 0.15) is 11.8 Å². The van der Waals surface area contributed by atoms with Crippen LogP contribution in [0.5, 0.6) is 5.75 Å². The van der Waals surface area contributed by atoms with Gasteiger partial charge in [0.25, 0.3) is 0 Å². The SMILES string of the molecule is C=C(C)\C(C)=C/C(=C\C)/C=C/c1ccc(OC(C)C)c(C#N)c1.CNC(=O)C1CNC1. The van der Waals surface area contributed by atoms with Crippen LogP contribution in [0.1, 0.15) is 45.7 Å². The number of carbonyl (C=O) groups excluding carboxylic acids is 1. The highest BCUT2D eigenvalue weighted by Crippen LogP contribution is 2.22. The van der Waals surface area contributed by atoms with Crippen LogP contribution in [-0.4, -0.2) is 32.1 Å². The molecule has 1 aliphatic rings. The zero-order valence-electron chi connectivity index (χ0n) is 19.6. The average Bonchev–Trinajstić information content (AvgIpc) is 2.70. The Morgan fingerprint density at radius 3 is 2.45 bits per heavy atom. The number of hydrogen-bond acceptors (Lipinski definition) is 4. The number of nitriles is 1. The van der Waals surface area contributed by atoms with E-state index in [-0.39, 0.29) is 17.9 Å². The quantitative estimate of drug-likeness (QED) is 0.622. The summed E-state index contributed by atoms with van der Waals surface area (Å²) < 4.78 is 5.64. The van der Waals surface area contributed by atoms with E-state index in [9.17, 15) is 10.1 Å². The van der Waals surface area contributed by atoms with Crippen molar-refractivity contribution in [2.75, 3.05) is 20.1 Å². The van der Waals surface area contributed by atoms with Gasteiger partial charge in [-0.2, -0.15) is 5.26 Å². The van der Waals surface area contributed by atoms with Gasteiger partial charge < -0.3 is 15.4 Å². The van der Waals surface area contributed by atoms with Crippen molar-refractivity contribution in [1.82, 2.24) is 10.6 Å². The van der Waals surface area contributed by atoms with Crippen LogP contribution in [0.15, 0.2) is 59.7 Å². The van der Waals surface area contributed by atoms with Crippen molar-refractivity contribution in [2.45, 2.75) is 40.7 Å². The van der Waals surface area contributed by atoms with E-state index in [1.54, 1.807) is 7.05 Å². The Bertz CT molecular complexity index is 898. The van der Waals surface area contributed by atoms with E-state index in [4.69, 9.17) is 4.74 Å². The molecule has 1 saturated heterocycles. The molecule has 0 radical (unpaired) electrons. The molecule has 0 atom stereocenters. The lowest BCUT2D eigenvalue weighted by atomic mass is 10.0. The summed E-state index contributed by atoms with van der Waals surface area (Å²) in [6.45, 7) is 15.6. The molecule has 1 heterocycles. The van der Waals surface area contributed by atoms with Crippen molar-refractivity contribution in [3.63, 3.8) is 0 Å². The van der Waals surface area contributed by atoms with Gasteiger partial charge in [0.2, 0.25) is 5.91 Å². The maximum Gasteiger partial charge on any atom is 0.225 e. The van der Waals surface area contributed by atoms with E-state index in [0.29, 0.717) is 11.3 Å². The van der Waals surface area contributed by atoms with Crippen molar-refractivity contribution in [2.24, 2.45) is 5.92 Å². The van der Waals surface area contributed by atoms with Gasteiger partial charge in [0.15, 0.2) is 0 Å². The van der Waals surface area contributed by atoms with Crippen molar-refractivity contribution >= 4 is 12.0 Å². The normalized spacial score (nSPS) is 14.4. The molecule has 166 valence electrons. The summed E-state index contributed by atoms with van der Waals surface area (Å²) in [6, 6.07) is 7.84. The summed E-state index contributed by atoms with van der Waals surface area (Å²) in [5.74, 6) is 1.02. The van der Waals surface area contributed by atoms with Crippen LogP contribution in [0.2, 0.25) is 0 Å². The first-order valence-electron chi connectivity index (χ1n) is 10.5. The van der Waals surface area contributed by atoms with E-state index < -0.39 is 0 Å². The number of ether oxygens (including phenoxy) is 1. The zero-order chi connectivity index (χ0) is 23.4. The minimum atomic E-state index is 0.0494. The fourth-order valence-electron chi connectivity index (χ4n) is 2.57. The van der Waals surface area contributed by atoms with Gasteiger partial charge in [-0.15, -0.1) is 0 Å². The van der Waals surface area contributed by atoms with Crippen LogP contribution in [-0.2, 0) is 4.79 Å². The first-order valence-corrected chi connectivity index (χ1v) is 10.5. The average molecular weight is 422 g/mol. The highest BCUT2D eigenvalue weighted by atomic mass is 16.5. The monoisotopic (exact) mass is 421 g/mol. The number of rotatable bonds is 7. The van der Waals surface area contributed by atoms with Gasteiger partial charge in [-0.05, 0) is 63.5 Å². The van der Waals surface area contributed by atoms with Crippen LogP contribution >= 0.6 is 0 Å². The third-order valence-corrected chi connectivity index (χ3v) is 4.74. The number of carbonyl (C=O) groups is 1. The van der Waals surface area contributed by atoms with Crippen LogP contribution < -0.4 is 15.4 Å². The first kappa shape index (κ1) is 25.9. The molecule has 0 bridgehead atoms. The van der Waals surface area contributed by atoms with Crippen molar-refractivity contribution < 1.29 is 9.53 Å². The molecule has 1 aromatic carbocycles. The zero-order valence-corrected chi connectivity index (χ0v) is 19.6. The molecule has 31 heavy (non-hydrogen) atoms. The standard InChI is InChI=1S/C21H25NO.C5H10N2O/c1-7-18(12-17(6)15(2)3)8-9-19-10-11-21(23-16(4)5)20(13-19)14-22;1-6-5(8)4-2-7-3-4/h7-13,16H,2H2,1,3-6H3;4,7H,2-3H2,1H3,(H,6,8)/b9-8+,17-12-,18-7-;. The fourth-order valence-corrected chi connectivity index (χ4v) is 2.57. The molecule has 0 aliphatic carbocycles. The summed E-state index contributed by atoms with van der Waals surface area (Å²) in [5, 5.41) is 14.9. The third kappa shape index (κ3) is 9.06. The Labute approximate surface area is 187 Å². The highest BCUT2D eigenvalue weighted by molar-refractivity contribution is 5.79. The number of hydrogen-bond donors (Lipinski definition) is 2. The smallest absolute Gasteiger partial charge is 0.225 e. The molecule has 1 aliphatic heterocycles. The van der Waals surface area contributed by atoms with Crippen molar-refractivity contribution in [1.29, 1.82) is 5.26 Å². The molecule has 1 fully saturated rings. The number of benzene rings is 1. The number of amides is 1. The molecule has 1 aromatic rings. The maximum atomic E-state index is 10.6. The maximum absolute atomic E-state index is 10.6. The van der Waals surface area contributed by atoms with E-state index in [1.807, 2.05) is 71.0 Å². The van der Waals surface area contributed by atoms with E-state index in [0.717, 1.165) is 35.4 Å². The largest absolute Gasteiger partial charge is 0.490 e. The Hall–Kier alpha value is -3.10. The second kappa shape index (κ2) is 13.3. The third-order valence-electron chi connectivity index (χ3n) is 4.74. The minimum absolute atomic E-state index is 0.0494. The predicted molar refractivity (Wildman–Crippen MR) is 129 cm³/mol. The number of allylic oxidation sites excluding steroid dienone is 6. The van der Waals surface area contributed by atoms with Gasteiger partial charge in [-0.25, -0.2) is 0 Å². The lowest BCUT2D eigenvalue weighted by Gasteiger charge is -2.24. The molecule has 0 aromatic heterocycles. The molecule has 2 rings (SSSR count). The summed E-state index contributed by atoms with van der Waals surface area (Å²) >= 11 is 0. The van der Waals surface area contributed by atoms with Gasteiger partial charge in [0.05, 0.1) is 17.6 Å². The molecule has 0 saturated carbocycles. The molecule has 2 N–H and O–H groups in total. The van der Waals surface area contributed by atoms with E-state index in [1.165, 1.54) is 0 Å². The Balaban J connectivity index is 0.000000500. The Morgan fingerprint density at radius 2 is 2.03 bits per heavy atom. The van der Waals surface area contributed by atoms with Crippen molar-refractivity contribution in [3.05, 3.63) is 70.9 Å². The van der Waals surface area contributed by atoms with E-state index >= 15 is 0 Å². The summed E-state index contributed by atoms with van der Waals surface area (Å²) in [5.41, 5.74) is 4.84. The Kier molecular flexibility index (Phi) is 11.1. The summed E-state index contributed by atoms with van der Waals surface area (Å²) in [4.78, 5) is 10.6. The van der Waals surface area contributed by atoms with Gasteiger partial charge in [-0.1, -0.05) is 42.5 Å². The number of nitrogens with one attached hydrogen (secondary N) is 2. The second-order valence-corrected chi connectivity index (χ2v) is 7.73. The molecular formula is C26H35N3O2.